The summed E-state index contributed by atoms with van der Waals surface area (Å²) in [5.41, 5.74) is 1.20. The number of allylic oxidation sites excluding steroid dienone is 1. The first-order chi connectivity index (χ1) is 12.7. The minimum absolute atomic E-state index is 0.0487. The normalized spacial score (nSPS) is 21.7. The number of anilines is 1. The van der Waals surface area contributed by atoms with Crippen molar-refractivity contribution >= 4 is 51.7 Å². The van der Waals surface area contributed by atoms with Gasteiger partial charge in [0.1, 0.15) is 4.91 Å². The molecule has 2 aliphatic heterocycles. The van der Waals surface area contributed by atoms with Gasteiger partial charge in [-0.1, -0.05) is 11.8 Å². The number of hydrogen-bond donors (Lipinski definition) is 0. The Morgan fingerprint density at radius 3 is 2.41 bits per heavy atom. The van der Waals surface area contributed by atoms with Gasteiger partial charge in [0.15, 0.2) is 10.8 Å². The smallest absolute Gasteiger partial charge is 0.346 e. The predicted octanol–water partition coefficient (Wildman–Crippen LogP) is 2.74. The Balaban J connectivity index is 2.05. The summed E-state index contributed by atoms with van der Waals surface area (Å²) < 4.78 is 3.92. The molecule has 0 aliphatic carbocycles. The van der Waals surface area contributed by atoms with Gasteiger partial charge in [-0.25, -0.2) is 9.80 Å². The van der Waals surface area contributed by atoms with Crippen molar-refractivity contribution in [2.24, 2.45) is 5.10 Å². The Kier molecular flexibility index (Phi) is 4.91. The minimum atomic E-state index is -0.940. The molecule has 0 radical (unpaired) electrons. The number of rotatable bonds is 4. The first kappa shape index (κ1) is 19.2. The van der Waals surface area contributed by atoms with E-state index in [1.165, 1.54) is 49.7 Å². The zero-order valence-corrected chi connectivity index (χ0v) is 16.6. The number of Topliss-reactive ketones (excluding diaryl/α,β-unsaturated/α-hetero) is 1. The monoisotopic (exact) mass is 408 g/mol. The van der Waals surface area contributed by atoms with E-state index in [0.717, 1.165) is 0 Å². The maximum atomic E-state index is 12.2. The number of carbonyl (C=O) groups excluding carboxylic acids is 2. The molecule has 2 heterocycles. The molecule has 3 rings (SSSR count). The number of ether oxygens (including phenoxy) is 1. The lowest BCUT2D eigenvalue weighted by Gasteiger charge is -2.39. The first-order valence-electron chi connectivity index (χ1n) is 7.76. The topological polar surface area (TPSA) is 105 Å². The second-order valence-electron chi connectivity index (χ2n) is 5.76. The Morgan fingerprint density at radius 2 is 1.89 bits per heavy atom. The minimum Gasteiger partial charge on any atom is -0.465 e. The van der Waals surface area contributed by atoms with Crippen LogP contribution < -0.4 is 5.01 Å². The largest absolute Gasteiger partial charge is 0.465 e. The first-order valence-corrected chi connectivity index (χ1v) is 9.40. The van der Waals surface area contributed by atoms with Gasteiger partial charge in [0.2, 0.25) is 4.33 Å². The van der Waals surface area contributed by atoms with E-state index in [9.17, 15) is 19.7 Å². The number of hydrogen-bond acceptors (Lipinski definition) is 10. The SMILES string of the molecule is COC(=O)C1=C(C)N(C)[C@]2(SC(C(C)=O)=NN2c2ccc([N+](=O)[O-])cc2)S1. The van der Waals surface area contributed by atoms with Crippen LogP contribution >= 0.6 is 23.5 Å². The molecule has 0 amide bonds. The highest BCUT2D eigenvalue weighted by molar-refractivity contribution is 8.28. The number of hydrazone groups is 1. The van der Waals surface area contributed by atoms with Crippen LogP contribution in [0.4, 0.5) is 11.4 Å². The van der Waals surface area contributed by atoms with Crippen molar-refractivity contribution in [3.8, 4) is 0 Å². The molecule has 0 aromatic heterocycles. The molecule has 0 bridgehead atoms. The predicted molar refractivity (Wildman–Crippen MR) is 104 cm³/mol. The highest BCUT2D eigenvalue weighted by atomic mass is 32.2. The number of nitro groups is 1. The quantitative estimate of drug-likeness (QED) is 0.422. The van der Waals surface area contributed by atoms with Gasteiger partial charge >= 0.3 is 5.97 Å². The number of ketones is 1. The fourth-order valence-electron chi connectivity index (χ4n) is 2.62. The number of carbonyl (C=O) groups is 2. The molecule has 1 spiro atoms. The molecular formula is C16H16N4O5S2. The van der Waals surface area contributed by atoms with Gasteiger partial charge < -0.3 is 9.64 Å². The molecule has 9 nitrogen and oxygen atoms in total. The lowest BCUT2D eigenvalue weighted by Crippen LogP contribution is -2.47. The Hall–Kier alpha value is -2.53. The van der Waals surface area contributed by atoms with E-state index in [1.807, 2.05) is 4.90 Å². The highest BCUT2D eigenvalue weighted by Gasteiger charge is 2.56. The van der Waals surface area contributed by atoms with E-state index in [1.54, 1.807) is 31.1 Å². The van der Waals surface area contributed by atoms with Gasteiger partial charge in [-0.2, -0.15) is 5.10 Å². The number of thioether (sulfide) groups is 2. The Morgan fingerprint density at radius 1 is 1.26 bits per heavy atom. The van der Waals surface area contributed by atoms with E-state index >= 15 is 0 Å². The van der Waals surface area contributed by atoms with Gasteiger partial charge in [0.05, 0.1) is 17.7 Å². The van der Waals surface area contributed by atoms with Gasteiger partial charge in [0, 0.05) is 31.8 Å². The van der Waals surface area contributed by atoms with Crippen molar-refractivity contribution in [1.29, 1.82) is 0 Å². The molecule has 0 N–H and O–H groups in total. The van der Waals surface area contributed by atoms with Crippen molar-refractivity contribution in [2.45, 2.75) is 18.2 Å². The molecule has 0 fully saturated rings. The molecule has 142 valence electrons. The van der Waals surface area contributed by atoms with Crippen LogP contribution in [-0.4, -0.2) is 45.1 Å². The Bertz CT molecular complexity index is 899. The summed E-state index contributed by atoms with van der Waals surface area (Å²) in [5.74, 6) is -0.677. The lowest BCUT2D eigenvalue weighted by atomic mass is 10.3. The van der Waals surface area contributed by atoms with Crippen LogP contribution in [0.5, 0.6) is 0 Å². The number of non-ortho nitro benzene ring substituents is 1. The molecule has 1 aromatic carbocycles. The van der Waals surface area contributed by atoms with E-state index in [4.69, 9.17) is 4.74 Å². The molecule has 11 heteroatoms. The van der Waals surface area contributed by atoms with Gasteiger partial charge in [-0.3, -0.25) is 14.9 Å². The maximum absolute atomic E-state index is 12.2. The van der Waals surface area contributed by atoms with Crippen molar-refractivity contribution in [3.05, 3.63) is 45.0 Å². The summed E-state index contributed by atoms with van der Waals surface area (Å²) in [7, 11) is 3.10. The van der Waals surface area contributed by atoms with Crippen LogP contribution in [0, 0.1) is 10.1 Å². The van der Waals surface area contributed by atoms with Crippen LogP contribution in [0.15, 0.2) is 40.0 Å². The zero-order chi connectivity index (χ0) is 19.9. The third kappa shape index (κ3) is 3.06. The van der Waals surface area contributed by atoms with Crippen LogP contribution in [0.2, 0.25) is 0 Å². The number of nitrogens with zero attached hydrogens (tertiary/aromatic N) is 4. The summed E-state index contributed by atoms with van der Waals surface area (Å²) in [4.78, 5) is 36.8. The van der Waals surface area contributed by atoms with Gasteiger partial charge in [-0.15, -0.1) is 0 Å². The highest BCUT2D eigenvalue weighted by Crippen LogP contribution is 2.58. The summed E-state index contributed by atoms with van der Waals surface area (Å²) in [5, 5.41) is 17.2. The van der Waals surface area contributed by atoms with E-state index in [0.29, 0.717) is 16.3 Å². The van der Waals surface area contributed by atoms with E-state index in [-0.39, 0.29) is 16.5 Å². The molecule has 27 heavy (non-hydrogen) atoms. The molecule has 0 unspecified atom stereocenters. The van der Waals surface area contributed by atoms with Crippen molar-refractivity contribution in [2.75, 3.05) is 19.2 Å². The molecule has 0 saturated carbocycles. The maximum Gasteiger partial charge on any atom is 0.346 e. The number of methoxy groups -OCH3 is 1. The third-order valence-corrected chi connectivity index (χ3v) is 7.31. The van der Waals surface area contributed by atoms with Gasteiger partial charge in [-0.05, 0) is 30.8 Å². The summed E-state index contributed by atoms with van der Waals surface area (Å²) in [6, 6.07) is 5.87. The van der Waals surface area contributed by atoms with E-state index < -0.39 is 15.2 Å². The number of nitro benzene ring substituents is 1. The fourth-order valence-corrected chi connectivity index (χ4v) is 5.52. The zero-order valence-electron chi connectivity index (χ0n) is 15.0. The summed E-state index contributed by atoms with van der Waals surface area (Å²) >= 11 is 2.44. The van der Waals surface area contributed by atoms with Crippen molar-refractivity contribution in [3.63, 3.8) is 0 Å². The Labute approximate surface area is 163 Å². The van der Waals surface area contributed by atoms with Crippen molar-refractivity contribution < 1.29 is 19.2 Å². The molecule has 2 aliphatic rings. The second-order valence-corrected chi connectivity index (χ2v) is 8.36. The number of benzene rings is 1. The average Bonchev–Trinajstić information content (AvgIpc) is 3.15. The van der Waals surface area contributed by atoms with E-state index in [2.05, 4.69) is 5.10 Å². The molecule has 1 aromatic rings. The summed E-state index contributed by atoms with van der Waals surface area (Å²) in [6.45, 7) is 3.20. The molecule has 1 atom stereocenters. The fraction of sp³-hybridized carbons (Fsp3) is 0.312. The van der Waals surface area contributed by atoms with Gasteiger partial charge in [0.25, 0.3) is 5.69 Å². The average molecular weight is 408 g/mol. The number of esters is 1. The summed E-state index contributed by atoms with van der Waals surface area (Å²) in [6.07, 6.45) is 0. The molecule has 0 saturated heterocycles. The van der Waals surface area contributed by atoms with Crippen molar-refractivity contribution in [1.82, 2.24) is 4.90 Å². The standard InChI is InChI=1S/C16H16N4O5S2/c1-9-13(15(22)25-4)26-16(18(9)3)19(17-14(27-16)10(2)21)11-5-7-12(8-6-11)20(23)24/h5-8H,1-4H3/t16-/m1/s1. The van der Waals surface area contributed by atoms with Crippen LogP contribution in [-0.2, 0) is 14.3 Å². The van der Waals surface area contributed by atoms with Crippen LogP contribution in [0.3, 0.4) is 0 Å². The van der Waals surface area contributed by atoms with Crippen LogP contribution in [0.25, 0.3) is 0 Å². The van der Waals surface area contributed by atoms with Crippen LogP contribution in [0.1, 0.15) is 13.8 Å². The lowest BCUT2D eigenvalue weighted by molar-refractivity contribution is -0.384. The molecular weight excluding hydrogens is 392 g/mol. The third-order valence-electron chi connectivity index (χ3n) is 4.16. The second kappa shape index (κ2) is 6.89.